The number of nitrogens with zero attached hydrogens (tertiary/aromatic N) is 1. The summed E-state index contributed by atoms with van der Waals surface area (Å²) in [6.45, 7) is 3.57. The second kappa shape index (κ2) is 6.17. The minimum atomic E-state index is -3.69. The highest BCUT2D eigenvalue weighted by molar-refractivity contribution is 9.10. The highest BCUT2D eigenvalue weighted by Crippen LogP contribution is 2.27. The quantitative estimate of drug-likeness (QED) is 0.701. The standard InChI is InChI=1S/C13H17BrN4O2S/c1-3-11(13-16-4-5-17-13)18-21(19,20)12-7-9(14)6-10(15)8(12)2/h4-7,11,18H,3,15H2,1-2H3,(H,16,17). The van der Waals surface area contributed by atoms with Crippen molar-refractivity contribution in [3.8, 4) is 0 Å². The number of sulfonamides is 1. The zero-order valence-corrected chi connectivity index (χ0v) is 14.1. The number of hydrogen-bond donors (Lipinski definition) is 3. The van der Waals surface area contributed by atoms with Gasteiger partial charge in [0.1, 0.15) is 5.82 Å². The largest absolute Gasteiger partial charge is 0.398 e. The van der Waals surface area contributed by atoms with E-state index in [0.717, 1.165) is 0 Å². The number of imidazole rings is 1. The molecule has 0 radical (unpaired) electrons. The number of nitrogen functional groups attached to an aromatic ring is 1. The predicted octanol–water partition coefficient (Wildman–Crippen LogP) is 2.49. The molecule has 114 valence electrons. The molecule has 0 aliphatic rings. The van der Waals surface area contributed by atoms with Crippen LogP contribution in [0.4, 0.5) is 5.69 Å². The normalized spacial score (nSPS) is 13.3. The topological polar surface area (TPSA) is 101 Å². The molecular formula is C13H17BrN4O2S. The molecule has 2 aromatic rings. The number of anilines is 1. The Morgan fingerprint density at radius 3 is 2.76 bits per heavy atom. The predicted molar refractivity (Wildman–Crippen MR) is 85.2 cm³/mol. The number of aromatic nitrogens is 2. The summed E-state index contributed by atoms with van der Waals surface area (Å²) in [4.78, 5) is 7.20. The van der Waals surface area contributed by atoms with Gasteiger partial charge < -0.3 is 10.7 Å². The van der Waals surface area contributed by atoms with E-state index in [9.17, 15) is 8.42 Å². The van der Waals surface area contributed by atoms with Gasteiger partial charge in [0, 0.05) is 22.6 Å². The SMILES string of the molecule is CCC(NS(=O)(=O)c1cc(Br)cc(N)c1C)c1ncc[nH]1. The van der Waals surface area contributed by atoms with Crippen molar-refractivity contribution in [3.63, 3.8) is 0 Å². The van der Waals surface area contributed by atoms with E-state index in [1.165, 1.54) is 0 Å². The van der Waals surface area contributed by atoms with Crippen LogP contribution in [0.1, 0.15) is 30.8 Å². The van der Waals surface area contributed by atoms with E-state index in [4.69, 9.17) is 5.73 Å². The van der Waals surface area contributed by atoms with Crippen LogP contribution >= 0.6 is 15.9 Å². The summed E-state index contributed by atoms with van der Waals surface area (Å²) >= 11 is 3.27. The smallest absolute Gasteiger partial charge is 0.241 e. The van der Waals surface area contributed by atoms with Crippen molar-refractivity contribution < 1.29 is 8.42 Å². The fourth-order valence-electron chi connectivity index (χ4n) is 2.00. The molecule has 1 atom stereocenters. The first-order valence-electron chi connectivity index (χ1n) is 6.42. The highest BCUT2D eigenvalue weighted by atomic mass is 79.9. The average molecular weight is 373 g/mol. The molecule has 4 N–H and O–H groups in total. The molecule has 1 heterocycles. The van der Waals surface area contributed by atoms with E-state index < -0.39 is 16.1 Å². The van der Waals surface area contributed by atoms with Gasteiger partial charge in [-0.15, -0.1) is 0 Å². The second-order valence-corrected chi connectivity index (χ2v) is 7.27. The maximum absolute atomic E-state index is 12.6. The third-order valence-corrected chi connectivity index (χ3v) is 5.27. The fraction of sp³-hybridized carbons (Fsp3) is 0.308. The molecule has 1 aromatic carbocycles. The Labute approximate surface area is 132 Å². The van der Waals surface area contributed by atoms with Gasteiger partial charge in [0.15, 0.2) is 0 Å². The van der Waals surface area contributed by atoms with Gasteiger partial charge in [-0.2, -0.15) is 0 Å². The molecule has 0 fully saturated rings. The van der Waals surface area contributed by atoms with Crippen LogP contribution in [0.15, 0.2) is 33.9 Å². The summed E-state index contributed by atoms with van der Waals surface area (Å²) in [5.74, 6) is 0.585. The molecule has 8 heteroatoms. The first-order chi connectivity index (χ1) is 9.85. The van der Waals surface area contributed by atoms with Crippen LogP contribution in [0.25, 0.3) is 0 Å². The zero-order valence-electron chi connectivity index (χ0n) is 11.7. The number of halogens is 1. The van der Waals surface area contributed by atoms with Gasteiger partial charge in [-0.1, -0.05) is 22.9 Å². The molecule has 0 saturated carbocycles. The maximum atomic E-state index is 12.6. The van der Waals surface area contributed by atoms with Crippen LogP contribution < -0.4 is 10.5 Å². The molecule has 0 aliphatic heterocycles. The monoisotopic (exact) mass is 372 g/mol. The molecule has 2 rings (SSSR count). The number of rotatable bonds is 5. The van der Waals surface area contributed by atoms with Crippen molar-refractivity contribution in [2.45, 2.75) is 31.2 Å². The molecule has 21 heavy (non-hydrogen) atoms. The Balaban J connectivity index is 2.39. The summed E-state index contributed by atoms with van der Waals surface area (Å²) in [5.41, 5.74) is 6.79. The molecule has 0 bridgehead atoms. The Kier molecular flexibility index (Phi) is 4.70. The van der Waals surface area contributed by atoms with Crippen LogP contribution in [0.2, 0.25) is 0 Å². The van der Waals surface area contributed by atoms with E-state index in [-0.39, 0.29) is 4.90 Å². The van der Waals surface area contributed by atoms with E-state index in [2.05, 4.69) is 30.6 Å². The molecule has 0 aliphatic carbocycles. The van der Waals surface area contributed by atoms with Gasteiger partial charge in [0.05, 0.1) is 10.9 Å². The van der Waals surface area contributed by atoms with Crippen molar-refractivity contribution in [2.24, 2.45) is 0 Å². The number of benzene rings is 1. The fourth-order valence-corrected chi connectivity index (χ4v) is 4.21. The van der Waals surface area contributed by atoms with Crippen LogP contribution in [-0.2, 0) is 10.0 Å². The van der Waals surface area contributed by atoms with Crippen molar-refractivity contribution in [3.05, 3.63) is 40.4 Å². The molecule has 0 amide bonds. The van der Waals surface area contributed by atoms with Crippen LogP contribution in [0.5, 0.6) is 0 Å². The maximum Gasteiger partial charge on any atom is 0.241 e. The summed E-state index contributed by atoms with van der Waals surface area (Å²) in [6, 6.07) is 2.81. The third-order valence-electron chi connectivity index (χ3n) is 3.21. The lowest BCUT2D eigenvalue weighted by molar-refractivity contribution is 0.539. The molecule has 6 nitrogen and oxygen atoms in total. The van der Waals surface area contributed by atoms with E-state index in [1.54, 1.807) is 31.5 Å². The van der Waals surface area contributed by atoms with Gasteiger partial charge in [-0.25, -0.2) is 18.1 Å². The van der Waals surface area contributed by atoms with Crippen molar-refractivity contribution in [2.75, 3.05) is 5.73 Å². The lowest BCUT2D eigenvalue weighted by atomic mass is 10.2. The van der Waals surface area contributed by atoms with Crippen LogP contribution in [-0.4, -0.2) is 18.4 Å². The van der Waals surface area contributed by atoms with E-state index >= 15 is 0 Å². The van der Waals surface area contributed by atoms with Crippen LogP contribution in [0.3, 0.4) is 0 Å². The van der Waals surface area contributed by atoms with Gasteiger partial charge in [-0.3, -0.25) is 0 Å². The van der Waals surface area contributed by atoms with Crippen molar-refractivity contribution >= 4 is 31.6 Å². The molecular weight excluding hydrogens is 356 g/mol. The summed E-state index contributed by atoms with van der Waals surface area (Å²) < 4.78 is 28.5. The Morgan fingerprint density at radius 1 is 1.48 bits per heavy atom. The number of aromatic amines is 1. The van der Waals surface area contributed by atoms with E-state index in [0.29, 0.717) is 28.0 Å². The highest BCUT2D eigenvalue weighted by Gasteiger charge is 2.24. The minimum Gasteiger partial charge on any atom is -0.398 e. The van der Waals surface area contributed by atoms with Gasteiger partial charge >= 0.3 is 0 Å². The average Bonchev–Trinajstić information content (AvgIpc) is 2.94. The van der Waals surface area contributed by atoms with E-state index in [1.807, 2.05) is 6.92 Å². The van der Waals surface area contributed by atoms with Gasteiger partial charge in [0.25, 0.3) is 0 Å². The lowest BCUT2D eigenvalue weighted by Gasteiger charge is -2.17. The van der Waals surface area contributed by atoms with Crippen molar-refractivity contribution in [1.29, 1.82) is 0 Å². The van der Waals surface area contributed by atoms with Gasteiger partial charge in [0.2, 0.25) is 10.0 Å². The first kappa shape index (κ1) is 16.0. The number of hydrogen-bond acceptors (Lipinski definition) is 4. The number of nitrogens with two attached hydrogens (primary N) is 1. The Hall–Kier alpha value is -1.38. The lowest BCUT2D eigenvalue weighted by Crippen LogP contribution is -2.29. The molecule has 1 unspecified atom stereocenters. The van der Waals surface area contributed by atoms with Crippen molar-refractivity contribution in [1.82, 2.24) is 14.7 Å². The Morgan fingerprint density at radius 2 is 2.19 bits per heavy atom. The minimum absolute atomic E-state index is 0.166. The van der Waals surface area contributed by atoms with Gasteiger partial charge in [-0.05, 0) is 31.0 Å². The summed E-state index contributed by atoms with van der Waals surface area (Å²) in [7, 11) is -3.69. The number of H-pyrrole nitrogens is 1. The molecule has 1 aromatic heterocycles. The summed E-state index contributed by atoms with van der Waals surface area (Å²) in [6.07, 6.45) is 3.83. The molecule has 0 spiro atoms. The Bertz CT molecular complexity index is 729. The molecule has 0 saturated heterocycles. The van der Waals surface area contributed by atoms with Crippen LogP contribution in [0, 0.1) is 6.92 Å². The summed E-state index contributed by atoms with van der Waals surface area (Å²) in [5, 5.41) is 0. The first-order valence-corrected chi connectivity index (χ1v) is 8.70. The third kappa shape index (κ3) is 3.45. The zero-order chi connectivity index (χ0) is 15.6. The second-order valence-electron chi connectivity index (χ2n) is 4.67. The number of nitrogens with one attached hydrogen (secondary N) is 2.